The third kappa shape index (κ3) is 3.19. The van der Waals surface area contributed by atoms with Crippen LogP contribution in [0.25, 0.3) is 0 Å². The number of nitrogens with zero attached hydrogens (tertiary/aromatic N) is 2. The lowest BCUT2D eigenvalue weighted by Crippen LogP contribution is -2.39. The van der Waals surface area contributed by atoms with E-state index in [0.717, 1.165) is 30.8 Å². The van der Waals surface area contributed by atoms with Crippen LogP contribution >= 0.6 is 0 Å². The topological polar surface area (TPSA) is 29.9 Å². The molecule has 1 aromatic heterocycles. The van der Waals surface area contributed by atoms with Gasteiger partial charge >= 0.3 is 0 Å². The van der Waals surface area contributed by atoms with E-state index in [1.54, 1.807) is 0 Å². The van der Waals surface area contributed by atoms with Gasteiger partial charge in [0.25, 0.3) is 0 Å². The second-order valence-corrected chi connectivity index (χ2v) is 6.47. The minimum atomic E-state index is 0.764. The summed E-state index contributed by atoms with van der Waals surface area (Å²) in [5, 5.41) is 3.77. The van der Waals surface area contributed by atoms with Gasteiger partial charge < -0.3 is 9.88 Å². The van der Waals surface area contributed by atoms with Gasteiger partial charge in [-0.3, -0.25) is 0 Å². The molecule has 0 aliphatic heterocycles. The summed E-state index contributed by atoms with van der Waals surface area (Å²) in [6.07, 6.45) is 15.2. The molecule has 2 saturated carbocycles. The van der Waals surface area contributed by atoms with Crippen LogP contribution in [0.4, 0.5) is 0 Å². The number of aryl methyl sites for hydroxylation is 1. The molecule has 0 radical (unpaired) electrons. The van der Waals surface area contributed by atoms with Crippen molar-refractivity contribution in [3.8, 4) is 0 Å². The number of hydrogen-bond donors (Lipinski definition) is 1. The molecule has 1 N–H and O–H groups in total. The lowest BCUT2D eigenvalue weighted by molar-refractivity contribution is 0.144. The molecule has 2 aliphatic carbocycles. The Bertz CT molecular complexity index is 398. The monoisotopic (exact) mass is 261 g/mol. The summed E-state index contributed by atoms with van der Waals surface area (Å²) in [5.41, 5.74) is 0. The first-order valence-corrected chi connectivity index (χ1v) is 8.02. The van der Waals surface area contributed by atoms with Crippen molar-refractivity contribution in [1.29, 1.82) is 0 Å². The fourth-order valence-corrected chi connectivity index (χ4v) is 4.08. The Morgan fingerprint density at radius 2 is 2.05 bits per heavy atom. The zero-order valence-electron chi connectivity index (χ0n) is 12.1. The smallest absolute Gasteiger partial charge is 0.109 e. The van der Waals surface area contributed by atoms with E-state index in [4.69, 9.17) is 0 Å². The van der Waals surface area contributed by atoms with E-state index in [1.165, 1.54) is 50.8 Å². The van der Waals surface area contributed by atoms with Gasteiger partial charge in [-0.2, -0.15) is 0 Å². The normalized spacial score (nSPS) is 31.1. The fourth-order valence-electron chi connectivity index (χ4n) is 4.08. The zero-order chi connectivity index (χ0) is 13.1. The van der Waals surface area contributed by atoms with Crippen molar-refractivity contribution in [1.82, 2.24) is 14.9 Å². The van der Waals surface area contributed by atoms with Crippen LogP contribution in [0.2, 0.25) is 0 Å². The molecule has 2 fully saturated rings. The van der Waals surface area contributed by atoms with Crippen molar-refractivity contribution in [2.24, 2.45) is 18.9 Å². The van der Waals surface area contributed by atoms with E-state index < -0.39 is 0 Å². The summed E-state index contributed by atoms with van der Waals surface area (Å²) >= 11 is 0. The zero-order valence-corrected chi connectivity index (χ0v) is 12.1. The van der Waals surface area contributed by atoms with Crippen molar-refractivity contribution in [2.45, 2.75) is 57.4 Å². The fraction of sp³-hybridized carbons (Fsp3) is 0.812. The molecule has 0 aromatic carbocycles. The minimum Gasteiger partial charge on any atom is -0.338 e. The maximum Gasteiger partial charge on any atom is 0.109 e. The Balaban J connectivity index is 1.42. The summed E-state index contributed by atoms with van der Waals surface area (Å²) in [5.74, 6) is 3.27. The van der Waals surface area contributed by atoms with Crippen molar-refractivity contribution in [2.75, 3.05) is 6.54 Å². The van der Waals surface area contributed by atoms with Crippen molar-refractivity contribution in [3.63, 3.8) is 0 Å². The summed E-state index contributed by atoms with van der Waals surface area (Å²) in [4.78, 5) is 4.39. The largest absolute Gasteiger partial charge is 0.338 e. The molecule has 0 spiro atoms. The highest BCUT2D eigenvalue weighted by atomic mass is 15.0. The summed E-state index contributed by atoms with van der Waals surface area (Å²) in [6.45, 7) is 1.08. The molecule has 0 amide bonds. The van der Waals surface area contributed by atoms with E-state index in [0.29, 0.717) is 0 Å². The van der Waals surface area contributed by atoms with Gasteiger partial charge in [0.2, 0.25) is 0 Å². The lowest BCUT2D eigenvalue weighted by atomic mass is 9.69. The number of nitrogens with one attached hydrogen (secondary N) is 1. The molecule has 0 saturated heterocycles. The number of imidazole rings is 1. The van der Waals surface area contributed by atoms with E-state index in [2.05, 4.69) is 21.9 Å². The SMILES string of the molecule is Cn1ccnc1CCNC1CCC2CCCCC2C1. The number of aromatic nitrogens is 2. The number of hydrogen-bond acceptors (Lipinski definition) is 2. The Hall–Kier alpha value is -0.830. The van der Waals surface area contributed by atoms with Crippen LogP contribution in [0.15, 0.2) is 12.4 Å². The standard InChI is InChI=1S/C16H27N3/c1-19-11-10-18-16(19)8-9-17-15-7-6-13-4-2-3-5-14(13)12-15/h10-11,13-15,17H,2-9,12H2,1H3. The van der Waals surface area contributed by atoms with Crippen LogP contribution in [-0.4, -0.2) is 22.1 Å². The molecule has 3 nitrogen and oxygen atoms in total. The third-order valence-corrected chi connectivity index (χ3v) is 5.24. The molecule has 1 heterocycles. The minimum absolute atomic E-state index is 0.764. The Morgan fingerprint density at radius 3 is 2.84 bits per heavy atom. The molecular formula is C16H27N3. The Labute approximate surface area is 116 Å². The molecule has 19 heavy (non-hydrogen) atoms. The molecule has 0 bridgehead atoms. The number of fused-ring (bicyclic) bond motifs is 1. The average molecular weight is 261 g/mol. The Morgan fingerprint density at radius 1 is 1.21 bits per heavy atom. The van der Waals surface area contributed by atoms with Crippen LogP contribution < -0.4 is 5.32 Å². The van der Waals surface area contributed by atoms with Crippen LogP contribution in [0.3, 0.4) is 0 Å². The third-order valence-electron chi connectivity index (χ3n) is 5.24. The van der Waals surface area contributed by atoms with E-state index >= 15 is 0 Å². The van der Waals surface area contributed by atoms with Gasteiger partial charge in [0.1, 0.15) is 5.82 Å². The molecule has 3 rings (SSSR count). The molecule has 3 unspecified atom stereocenters. The van der Waals surface area contributed by atoms with Crippen LogP contribution in [0, 0.1) is 11.8 Å². The first-order valence-electron chi connectivity index (χ1n) is 8.02. The predicted octanol–water partition coefficient (Wildman–Crippen LogP) is 2.91. The highest BCUT2D eigenvalue weighted by molar-refractivity contribution is 4.92. The van der Waals surface area contributed by atoms with Crippen LogP contribution in [0.5, 0.6) is 0 Å². The molecule has 1 aromatic rings. The summed E-state index contributed by atoms with van der Waals surface area (Å²) in [7, 11) is 2.08. The van der Waals surface area contributed by atoms with Gasteiger partial charge in [0.05, 0.1) is 0 Å². The maximum atomic E-state index is 4.39. The van der Waals surface area contributed by atoms with Crippen molar-refractivity contribution in [3.05, 3.63) is 18.2 Å². The summed E-state index contributed by atoms with van der Waals surface area (Å²) in [6, 6.07) is 0.764. The average Bonchev–Trinajstić information content (AvgIpc) is 2.84. The van der Waals surface area contributed by atoms with Crippen molar-refractivity contribution >= 4 is 0 Å². The maximum absolute atomic E-state index is 4.39. The van der Waals surface area contributed by atoms with Gasteiger partial charge in [0, 0.05) is 38.4 Å². The second kappa shape index (κ2) is 6.08. The van der Waals surface area contributed by atoms with E-state index in [1.807, 2.05) is 12.4 Å². The van der Waals surface area contributed by atoms with Crippen LogP contribution in [-0.2, 0) is 13.5 Å². The van der Waals surface area contributed by atoms with Crippen molar-refractivity contribution < 1.29 is 0 Å². The lowest BCUT2D eigenvalue weighted by Gasteiger charge is -2.39. The summed E-state index contributed by atoms with van der Waals surface area (Å²) < 4.78 is 2.12. The van der Waals surface area contributed by atoms with Gasteiger partial charge in [0.15, 0.2) is 0 Å². The van der Waals surface area contributed by atoms with Gasteiger partial charge in [-0.15, -0.1) is 0 Å². The first kappa shape index (κ1) is 13.2. The molecule has 2 aliphatic rings. The quantitative estimate of drug-likeness (QED) is 0.903. The molecule has 3 heteroatoms. The first-order chi connectivity index (χ1) is 9.33. The Kier molecular flexibility index (Phi) is 4.21. The molecule has 106 valence electrons. The van der Waals surface area contributed by atoms with Gasteiger partial charge in [-0.05, 0) is 31.1 Å². The van der Waals surface area contributed by atoms with E-state index in [9.17, 15) is 0 Å². The molecular weight excluding hydrogens is 234 g/mol. The van der Waals surface area contributed by atoms with Crippen LogP contribution in [0.1, 0.15) is 50.8 Å². The highest BCUT2D eigenvalue weighted by Gasteiger charge is 2.31. The van der Waals surface area contributed by atoms with Gasteiger partial charge in [-0.25, -0.2) is 4.98 Å². The predicted molar refractivity (Wildman–Crippen MR) is 78.0 cm³/mol. The van der Waals surface area contributed by atoms with Gasteiger partial charge in [-0.1, -0.05) is 25.7 Å². The van der Waals surface area contributed by atoms with E-state index in [-0.39, 0.29) is 0 Å². The highest BCUT2D eigenvalue weighted by Crippen LogP contribution is 2.40. The second-order valence-electron chi connectivity index (χ2n) is 6.47. The molecule has 3 atom stereocenters. The number of rotatable bonds is 4.